The van der Waals surface area contributed by atoms with Crippen molar-refractivity contribution < 1.29 is 19.2 Å². The van der Waals surface area contributed by atoms with E-state index in [1.165, 1.54) is 18.3 Å². The van der Waals surface area contributed by atoms with Gasteiger partial charge in [0.1, 0.15) is 5.75 Å². The Morgan fingerprint density at radius 2 is 2.06 bits per heavy atom. The number of amides is 1. The molecule has 0 unspecified atom stereocenters. The molecule has 34 heavy (non-hydrogen) atoms. The van der Waals surface area contributed by atoms with Crippen LogP contribution in [0, 0.1) is 10.1 Å². The summed E-state index contributed by atoms with van der Waals surface area (Å²) in [7, 11) is 0. The average molecular weight is 463 g/mol. The van der Waals surface area contributed by atoms with Crippen molar-refractivity contribution in [1.82, 2.24) is 15.3 Å². The number of nitrogens with zero attached hydrogens (tertiary/aromatic N) is 3. The molecule has 0 atom stereocenters. The van der Waals surface area contributed by atoms with Gasteiger partial charge in [0.2, 0.25) is 5.95 Å². The average Bonchev–Trinajstić information content (AvgIpc) is 2.84. The first-order valence-corrected chi connectivity index (χ1v) is 11.1. The van der Waals surface area contributed by atoms with Crippen LogP contribution in [0.4, 0.5) is 17.3 Å². The van der Waals surface area contributed by atoms with Crippen molar-refractivity contribution in [1.29, 1.82) is 0 Å². The standard InChI is InChI=1S/C24H25N5O5/c1-2-34-22-8-6-18-13-17(22)15-33-12-4-3-10-25-23(30)16-5-7-19(21(14-16)29(31)32)20-9-11-26-24(27-18)28-20/h5-9,11,13-14H,2-4,10,12,15H2,1H3,(H,25,30)(H,26,27,28). The third kappa shape index (κ3) is 5.46. The molecule has 1 aromatic heterocycles. The van der Waals surface area contributed by atoms with E-state index in [0.717, 1.165) is 23.4 Å². The van der Waals surface area contributed by atoms with Gasteiger partial charge in [0.15, 0.2) is 0 Å². The molecule has 176 valence electrons. The van der Waals surface area contributed by atoms with Crippen LogP contribution in [-0.4, -0.2) is 40.6 Å². The Bertz CT molecular complexity index is 1200. The second kappa shape index (κ2) is 10.7. The third-order valence-electron chi connectivity index (χ3n) is 5.26. The van der Waals surface area contributed by atoms with Crippen molar-refractivity contribution in [3.05, 3.63) is 69.9 Å². The predicted octanol–water partition coefficient (Wildman–Crippen LogP) is 4.23. The van der Waals surface area contributed by atoms with Crippen molar-refractivity contribution in [2.75, 3.05) is 25.1 Å². The topological polar surface area (TPSA) is 129 Å². The van der Waals surface area contributed by atoms with Gasteiger partial charge >= 0.3 is 0 Å². The number of fused-ring (bicyclic) bond motifs is 9. The summed E-state index contributed by atoms with van der Waals surface area (Å²) in [6, 6.07) is 11.6. The molecule has 10 nitrogen and oxygen atoms in total. The van der Waals surface area contributed by atoms with Crippen molar-refractivity contribution in [3.63, 3.8) is 0 Å². The van der Waals surface area contributed by atoms with Gasteiger partial charge in [-0.1, -0.05) is 0 Å². The maximum atomic E-state index is 12.5. The zero-order valence-electron chi connectivity index (χ0n) is 18.7. The summed E-state index contributed by atoms with van der Waals surface area (Å²) in [6.07, 6.45) is 2.99. The molecule has 1 amide bonds. The van der Waals surface area contributed by atoms with Gasteiger partial charge in [-0.2, -0.15) is 0 Å². The first kappa shape index (κ1) is 23.1. The molecule has 0 saturated heterocycles. The molecule has 2 N–H and O–H groups in total. The zero-order chi connectivity index (χ0) is 23.9. The number of rotatable bonds is 3. The number of anilines is 2. The molecule has 0 saturated carbocycles. The molecule has 2 aromatic carbocycles. The fourth-order valence-electron chi connectivity index (χ4n) is 3.62. The Morgan fingerprint density at radius 1 is 1.18 bits per heavy atom. The molecule has 2 aliphatic rings. The highest BCUT2D eigenvalue weighted by atomic mass is 16.6. The van der Waals surface area contributed by atoms with Gasteiger partial charge in [-0.05, 0) is 56.2 Å². The minimum atomic E-state index is -0.514. The predicted molar refractivity (Wildman–Crippen MR) is 126 cm³/mol. The molecule has 3 heterocycles. The second-order valence-electron chi connectivity index (χ2n) is 7.65. The summed E-state index contributed by atoms with van der Waals surface area (Å²) in [6.45, 7) is 3.78. The number of aromatic nitrogens is 2. The van der Waals surface area contributed by atoms with Crippen molar-refractivity contribution in [2.45, 2.75) is 26.4 Å². The summed E-state index contributed by atoms with van der Waals surface area (Å²) in [4.78, 5) is 32.5. The van der Waals surface area contributed by atoms with Crippen LogP contribution in [0.5, 0.6) is 5.75 Å². The number of hydrogen-bond acceptors (Lipinski definition) is 8. The number of benzene rings is 2. The van der Waals surface area contributed by atoms with Crippen molar-refractivity contribution in [2.24, 2.45) is 0 Å². The molecule has 2 aliphatic heterocycles. The maximum Gasteiger partial charge on any atom is 0.279 e. The highest BCUT2D eigenvalue weighted by molar-refractivity contribution is 5.96. The Balaban J connectivity index is 1.73. The minimum Gasteiger partial charge on any atom is -0.494 e. The number of ether oxygens (including phenoxy) is 2. The first-order valence-electron chi connectivity index (χ1n) is 11.1. The van der Waals surface area contributed by atoms with Crippen LogP contribution in [0.3, 0.4) is 0 Å². The largest absolute Gasteiger partial charge is 0.494 e. The lowest BCUT2D eigenvalue weighted by Gasteiger charge is -2.13. The molecule has 0 radical (unpaired) electrons. The Labute approximate surface area is 196 Å². The molecule has 5 rings (SSSR count). The fraction of sp³-hybridized carbons (Fsp3) is 0.292. The monoisotopic (exact) mass is 463 g/mol. The van der Waals surface area contributed by atoms with E-state index in [1.54, 1.807) is 12.1 Å². The lowest BCUT2D eigenvalue weighted by atomic mass is 10.1. The van der Waals surface area contributed by atoms with Gasteiger partial charge in [0.25, 0.3) is 11.6 Å². The number of nitrogens with one attached hydrogen (secondary N) is 2. The summed E-state index contributed by atoms with van der Waals surface area (Å²) in [5.41, 5.74) is 2.29. The molecule has 0 spiro atoms. The Kier molecular flexibility index (Phi) is 7.28. The fourth-order valence-corrected chi connectivity index (χ4v) is 3.62. The van der Waals surface area contributed by atoms with Crippen LogP contribution in [0.2, 0.25) is 0 Å². The summed E-state index contributed by atoms with van der Waals surface area (Å²) >= 11 is 0. The smallest absolute Gasteiger partial charge is 0.279 e. The Morgan fingerprint density at radius 3 is 2.88 bits per heavy atom. The van der Waals surface area contributed by atoms with E-state index in [-0.39, 0.29) is 23.1 Å². The number of nitro benzene ring substituents is 1. The van der Waals surface area contributed by atoms with Crippen LogP contribution >= 0.6 is 0 Å². The molecule has 3 aromatic rings. The summed E-state index contributed by atoms with van der Waals surface area (Å²) < 4.78 is 11.5. The third-order valence-corrected chi connectivity index (χ3v) is 5.26. The van der Waals surface area contributed by atoms with Gasteiger partial charge in [-0.25, -0.2) is 9.97 Å². The Hall–Kier alpha value is -4.05. The van der Waals surface area contributed by atoms with Crippen molar-refractivity contribution >= 4 is 23.2 Å². The quantitative estimate of drug-likeness (QED) is 0.436. The van der Waals surface area contributed by atoms with Crippen LogP contribution in [0.25, 0.3) is 11.3 Å². The van der Waals surface area contributed by atoms with Crippen LogP contribution in [-0.2, 0) is 11.3 Å². The number of nitro groups is 1. The van der Waals surface area contributed by atoms with Crippen LogP contribution in [0.1, 0.15) is 35.7 Å². The second-order valence-corrected chi connectivity index (χ2v) is 7.65. The van der Waals surface area contributed by atoms with E-state index in [9.17, 15) is 14.9 Å². The molecule has 10 heteroatoms. The number of carbonyl (C=O) groups excluding carboxylic acids is 1. The minimum absolute atomic E-state index is 0.202. The molecule has 0 aliphatic carbocycles. The van der Waals surface area contributed by atoms with E-state index >= 15 is 0 Å². The molecular weight excluding hydrogens is 438 g/mol. The van der Waals surface area contributed by atoms with E-state index in [4.69, 9.17) is 9.47 Å². The zero-order valence-corrected chi connectivity index (χ0v) is 18.7. The lowest BCUT2D eigenvalue weighted by Crippen LogP contribution is -2.24. The molecule has 6 bridgehead atoms. The number of carbonyl (C=O) groups is 1. The van der Waals surface area contributed by atoms with Gasteiger partial charge in [0, 0.05) is 42.2 Å². The van der Waals surface area contributed by atoms with Crippen LogP contribution < -0.4 is 15.4 Å². The van der Waals surface area contributed by atoms with E-state index in [0.29, 0.717) is 44.0 Å². The summed E-state index contributed by atoms with van der Waals surface area (Å²) in [5.74, 6) is 0.648. The molecular formula is C24H25N5O5. The van der Waals surface area contributed by atoms with Gasteiger partial charge in [-0.3, -0.25) is 14.9 Å². The van der Waals surface area contributed by atoms with E-state index in [1.807, 2.05) is 25.1 Å². The normalized spacial score (nSPS) is 14.2. The first-order chi connectivity index (χ1) is 16.5. The SMILES string of the molecule is CCOc1ccc2cc1COCCCCNC(=O)c1ccc(c([N+](=O)[O-])c1)-c1ccnc(n1)N2. The molecule has 0 fully saturated rings. The van der Waals surface area contributed by atoms with Crippen LogP contribution in [0.15, 0.2) is 48.7 Å². The van der Waals surface area contributed by atoms with Gasteiger partial charge in [0.05, 0.1) is 29.4 Å². The van der Waals surface area contributed by atoms with E-state index < -0.39 is 4.92 Å². The van der Waals surface area contributed by atoms with E-state index in [2.05, 4.69) is 20.6 Å². The van der Waals surface area contributed by atoms with Gasteiger partial charge in [-0.15, -0.1) is 0 Å². The van der Waals surface area contributed by atoms with Crippen molar-refractivity contribution in [3.8, 4) is 17.0 Å². The number of hydrogen-bond donors (Lipinski definition) is 2. The maximum absolute atomic E-state index is 12.5. The summed E-state index contributed by atoms with van der Waals surface area (Å²) in [5, 5.41) is 17.7. The lowest BCUT2D eigenvalue weighted by molar-refractivity contribution is -0.384. The highest BCUT2D eigenvalue weighted by Gasteiger charge is 2.20. The highest BCUT2D eigenvalue weighted by Crippen LogP contribution is 2.31. The van der Waals surface area contributed by atoms with Gasteiger partial charge < -0.3 is 20.1 Å².